The van der Waals surface area contributed by atoms with E-state index in [1.807, 2.05) is 6.08 Å². The molecule has 0 heterocycles. The molecule has 3 N–H and O–H groups in total. The van der Waals surface area contributed by atoms with Gasteiger partial charge in [-0.1, -0.05) is 17.7 Å². The molecule has 2 saturated carbocycles. The van der Waals surface area contributed by atoms with Crippen LogP contribution in [0.2, 0.25) is 5.02 Å². The first-order chi connectivity index (χ1) is 18.9. The molecule has 2 amide bonds. The first-order valence-corrected chi connectivity index (χ1v) is 15.0. The van der Waals surface area contributed by atoms with Crippen LogP contribution in [0, 0.1) is 29.3 Å². The lowest BCUT2D eigenvalue weighted by Gasteiger charge is -2.42. The average Bonchev–Trinajstić information content (AvgIpc) is 3.48. The first-order valence-electron chi connectivity index (χ1n) is 13.1. The van der Waals surface area contributed by atoms with Gasteiger partial charge in [-0.25, -0.2) is 21.6 Å². The first kappa shape index (κ1) is 28.6. The molecule has 0 radical (unpaired) electrons. The van der Waals surface area contributed by atoms with Crippen molar-refractivity contribution in [2.75, 3.05) is 11.9 Å². The molecule has 3 aliphatic rings. The Kier molecular flexibility index (Phi) is 7.75. The Labute approximate surface area is 234 Å². The Morgan fingerprint density at radius 2 is 1.68 bits per heavy atom. The van der Waals surface area contributed by atoms with Crippen molar-refractivity contribution in [1.82, 2.24) is 5.32 Å². The molecule has 2 unspecified atom stereocenters. The Balaban J connectivity index is 1.32. The third-order valence-electron chi connectivity index (χ3n) is 8.42. The molecule has 12 heteroatoms. The van der Waals surface area contributed by atoms with Gasteiger partial charge in [0.1, 0.15) is 0 Å². The number of hydrogen-bond acceptors (Lipinski definition) is 5. The van der Waals surface area contributed by atoms with Gasteiger partial charge in [-0.05, 0) is 75.0 Å². The quantitative estimate of drug-likeness (QED) is 0.393. The SMILES string of the molecule is O=C(NCC1(O)C2CCC1CC(S(=O)(=O)c1cc(C(=O)Nc3cc(F)c(F)c(F)c3)ccc1Cl)C2)C1=CCCC1. The third kappa shape index (κ3) is 5.26. The fourth-order valence-corrected chi connectivity index (χ4v) is 8.64. The number of sulfone groups is 1. The zero-order valence-corrected chi connectivity index (χ0v) is 22.9. The van der Waals surface area contributed by atoms with E-state index >= 15 is 0 Å². The van der Waals surface area contributed by atoms with E-state index in [1.165, 1.54) is 12.1 Å². The molecule has 5 rings (SSSR count). The summed E-state index contributed by atoms with van der Waals surface area (Å²) in [5.74, 6) is -6.43. The van der Waals surface area contributed by atoms with Crippen LogP contribution in [0.5, 0.6) is 0 Å². The van der Waals surface area contributed by atoms with Crippen LogP contribution in [-0.2, 0) is 14.6 Å². The molecule has 2 aromatic carbocycles. The Bertz CT molecular complexity index is 1480. The summed E-state index contributed by atoms with van der Waals surface area (Å²) in [5.41, 5.74) is -0.987. The van der Waals surface area contributed by atoms with Crippen molar-refractivity contribution in [3.8, 4) is 0 Å². The van der Waals surface area contributed by atoms with Crippen LogP contribution < -0.4 is 10.6 Å². The third-order valence-corrected chi connectivity index (χ3v) is 11.1. The van der Waals surface area contributed by atoms with Crippen LogP contribution in [0.3, 0.4) is 0 Å². The van der Waals surface area contributed by atoms with E-state index < -0.39 is 44.0 Å². The largest absolute Gasteiger partial charge is 0.387 e. The topological polar surface area (TPSA) is 113 Å². The van der Waals surface area contributed by atoms with Crippen molar-refractivity contribution in [1.29, 1.82) is 0 Å². The summed E-state index contributed by atoms with van der Waals surface area (Å²) in [5, 5.41) is 15.6. The Morgan fingerprint density at radius 3 is 2.27 bits per heavy atom. The zero-order valence-electron chi connectivity index (χ0n) is 21.4. The molecule has 0 aromatic heterocycles. The van der Waals surface area contributed by atoms with E-state index in [0.29, 0.717) is 37.0 Å². The van der Waals surface area contributed by atoms with E-state index in [0.717, 1.165) is 18.9 Å². The number of carbonyl (C=O) groups is 2. The lowest BCUT2D eigenvalue weighted by molar-refractivity contribution is -0.120. The second kappa shape index (κ2) is 10.8. The molecule has 0 spiro atoms. The summed E-state index contributed by atoms with van der Waals surface area (Å²) in [6, 6.07) is 4.82. The van der Waals surface area contributed by atoms with Crippen LogP contribution in [0.1, 0.15) is 55.3 Å². The van der Waals surface area contributed by atoms with Gasteiger partial charge >= 0.3 is 0 Å². The van der Waals surface area contributed by atoms with Crippen LogP contribution in [-0.4, -0.2) is 42.7 Å². The van der Waals surface area contributed by atoms with Gasteiger partial charge in [-0.2, -0.15) is 0 Å². The second-order valence-corrected chi connectivity index (χ2v) is 13.4. The molecule has 40 heavy (non-hydrogen) atoms. The van der Waals surface area contributed by atoms with Crippen molar-refractivity contribution in [2.45, 2.75) is 60.7 Å². The predicted octanol–water partition coefficient (Wildman–Crippen LogP) is 4.93. The highest BCUT2D eigenvalue weighted by Gasteiger charge is 2.55. The van der Waals surface area contributed by atoms with Crippen LogP contribution in [0.15, 0.2) is 46.9 Å². The molecule has 7 nitrogen and oxygen atoms in total. The summed E-state index contributed by atoms with van der Waals surface area (Å²) in [6.45, 7) is 0.0479. The highest BCUT2D eigenvalue weighted by molar-refractivity contribution is 7.92. The number of hydrogen-bond donors (Lipinski definition) is 3. The summed E-state index contributed by atoms with van der Waals surface area (Å²) in [7, 11) is -4.05. The minimum absolute atomic E-state index is 0.0479. The van der Waals surface area contributed by atoms with Gasteiger partial charge < -0.3 is 15.7 Å². The van der Waals surface area contributed by atoms with E-state index in [4.69, 9.17) is 11.6 Å². The number of benzene rings is 2. The van der Waals surface area contributed by atoms with E-state index in [2.05, 4.69) is 10.6 Å². The second-order valence-electron chi connectivity index (χ2n) is 10.8. The molecule has 2 bridgehead atoms. The van der Waals surface area contributed by atoms with Gasteiger partial charge in [0.2, 0.25) is 5.91 Å². The lowest BCUT2D eigenvalue weighted by Crippen LogP contribution is -2.54. The summed E-state index contributed by atoms with van der Waals surface area (Å²) in [6.07, 6.45) is 5.93. The standard InChI is InChI=1S/C28H28ClF3N2O5S/c29-21-8-5-16(27(36)34-19-12-22(30)25(32)23(31)13-19)9-24(21)40(38,39)20-10-17-6-7-18(11-20)28(17,37)14-33-26(35)15-3-1-2-4-15/h3,5,8-9,12-13,17-18,20,37H,1-2,4,6-7,10-11,14H2,(H,33,35)(H,34,36). The number of aliphatic hydroxyl groups is 1. The van der Waals surface area contributed by atoms with E-state index in [-0.39, 0.29) is 58.3 Å². The van der Waals surface area contributed by atoms with Crippen LogP contribution in [0.4, 0.5) is 18.9 Å². The number of rotatable bonds is 7. The number of fused-ring (bicyclic) bond motifs is 2. The summed E-state index contributed by atoms with van der Waals surface area (Å²) >= 11 is 6.26. The Hall–Kier alpha value is -2.89. The zero-order chi connectivity index (χ0) is 28.8. The molecule has 2 fully saturated rings. The number of halogens is 4. The van der Waals surface area contributed by atoms with Gasteiger partial charge in [0.15, 0.2) is 27.3 Å². The lowest BCUT2D eigenvalue weighted by atomic mass is 9.74. The van der Waals surface area contributed by atoms with Gasteiger partial charge in [-0.15, -0.1) is 0 Å². The number of nitrogens with one attached hydrogen (secondary N) is 2. The van der Waals surface area contributed by atoms with Crippen molar-refractivity contribution in [3.05, 3.63) is 70.0 Å². The molecule has 0 saturated heterocycles. The van der Waals surface area contributed by atoms with Crippen molar-refractivity contribution in [3.63, 3.8) is 0 Å². The highest BCUT2D eigenvalue weighted by Crippen LogP contribution is 2.52. The van der Waals surface area contributed by atoms with Crippen molar-refractivity contribution < 1.29 is 36.3 Å². The molecular formula is C28H28ClF3N2O5S. The fraction of sp³-hybridized carbons (Fsp3) is 0.429. The number of amides is 2. The summed E-state index contributed by atoms with van der Waals surface area (Å²) in [4.78, 5) is 25.0. The fourth-order valence-electron chi connectivity index (χ4n) is 6.24. The van der Waals surface area contributed by atoms with Gasteiger partial charge in [0.05, 0.1) is 20.8 Å². The van der Waals surface area contributed by atoms with Gasteiger partial charge in [0, 0.05) is 35.5 Å². The number of allylic oxidation sites excluding steroid dienone is 1. The maximum atomic E-state index is 13.7. The minimum Gasteiger partial charge on any atom is -0.387 e. The maximum absolute atomic E-state index is 13.7. The number of carbonyl (C=O) groups excluding carboxylic acids is 2. The average molecular weight is 597 g/mol. The molecule has 0 aliphatic heterocycles. The molecule has 2 atom stereocenters. The van der Waals surface area contributed by atoms with Crippen molar-refractivity contribution in [2.24, 2.45) is 11.8 Å². The molecule has 2 aromatic rings. The van der Waals surface area contributed by atoms with Gasteiger partial charge in [-0.3, -0.25) is 9.59 Å². The Morgan fingerprint density at radius 1 is 1.02 bits per heavy atom. The number of anilines is 1. The smallest absolute Gasteiger partial charge is 0.255 e. The maximum Gasteiger partial charge on any atom is 0.255 e. The summed E-state index contributed by atoms with van der Waals surface area (Å²) < 4.78 is 67.8. The van der Waals surface area contributed by atoms with Crippen LogP contribution >= 0.6 is 11.6 Å². The van der Waals surface area contributed by atoms with E-state index in [1.54, 1.807) is 0 Å². The predicted molar refractivity (Wildman–Crippen MR) is 142 cm³/mol. The molecule has 3 aliphatic carbocycles. The monoisotopic (exact) mass is 596 g/mol. The molecule has 214 valence electrons. The van der Waals surface area contributed by atoms with Crippen LogP contribution in [0.25, 0.3) is 0 Å². The normalized spacial score (nSPS) is 25.9. The van der Waals surface area contributed by atoms with Crippen molar-refractivity contribution >= 4 is 38.9 Å². The van der Waals surface area contributed by atoms with Gasteiger partial charge in [0.25, 0.3) is 5.91 Å². The highest BCUT2D eigenvalue weighted by atomic mass is 35.5. The van der Waals surface area contributed by atoms with E-state index in [9.17, 15) is 36.3 Å². The molecular weight excluding hydrogens is 569 g/mol. The minimum atomic E-state index is -4.05.